The van der Waals surface area contributed by atoms with E-state index in [-0.39, 0.29) is 5.69 Å². The number of aromatic nitrogens is 1. The van der Waals surface area contributed by atoms with Crippen molar-refractivity contribution in [3.8, 4) is 6.07 Å². The van der Waals surface area contributed by atoms with E-state index in [2.05, 4.69) is 24.8 Å². The first-order valence-corrected chi connectivity index (χ1v) is 6.65. The van der Waals surface area contributed by atoms with Crippen molar-refractivity contribution in [1.29, 1.82) is 5.26 Å². The van der Waals surface area contributed by atoms with Crippen LogP contribution >= 0.6 is 9.39 Å². The smallest absolute Gasteiger partial charge is 0.323 e. The monoisotopic (exact) mass is 318 g/mol. The Bertz CT molecular complexity index is 556. The molecule has 0 bridgehead atoms. The van der Waals surface area contributed by atoms with E-state index in [0.717, 1.165) is 12.6 Å². The molecule has 0 aliphatic carbocycles. The van der Waals surface area contributed by atoms with E-state index in [0.29, 0.717) is 12.5 Å². The Labute approximate surface area is 122 Å². The fourth-order valence-electron chi connectivity index (χ4n) is 1.65. The summed E-state index contributed by atoms with van der Waals surface area (Å²) < 4.78 is 38.3. The minimum Gasteiger partial charge on any atom is -0.323 e. The molecule has 5 nitrogen and oxygen atoms in total. The predicted octanol–water partition coefficient (Wildman–Crippen LogP) is 2.46. The lowest BCUT2D eigenvalue weighted by Crippen LogP contribution is -2.35. The van der Waals surface area contributed by atoms with Crippen molar-refractivity contribution < 1.29 is 18.0 Å². The molecule has 1 aromatic rings. The van der Waals surface area contributed by atoms with Crippen LogP contribution in [0.3, 0.4) is 0 Å². The lowest BCUT2D eigenvalue weighted by molar-refractivity contribution is -0.138. The van der Waals surface area contributed by atoms with E-state index in [1.54, 1.807) is 0 Å². The summed E-state index contributed by atoms with van der Waals surface area (Å²) in [6.45, 7) is 1.88. The number of nitrogens with zero attached hydrogens (tertiary/aromatic N) is 2. The quantitative estimate of drug-likeness (QED) is 0.818. The van der Waals surface area contributed by atoms with Gasteiger partial charge in [0.05, 0.1) is 23.5 Å². The molecule has 0 radical (unpaired) electrons. The number of amides is 1. The van der Waals surface area contributed by atoms with Crippen molar-refractivity contribution in [2.45, 2.75) is 32.0 Å². The first-order chi connectivity index (χ1) is 9.83. The van der Waals surface area contributed by atoms with Crippen LogP contribution < -0.4 is 10.4 Å². The zero-order valence-electron chi connectivity index (χ0n) is 11.2. The van der Waals surface area contributed by atoms with Gasteiger partial charge in [0.15, 0.2) is 5.69 Å². The maximum atomic E-state index is 12.8. The molecule has 1 amide bonds. The van der Waals surface area contributed by atoms with Crippen molar-refractivity contribution in [1.82, 2.24) is 10.1 Å². The number of hydrogen-bond donors (Lipinski definition) is 2. The molecule has 0 aliphatic heterocycles. The molecule has 0 aliphatic rings. The lowest BCUT2D eigenvalue weighted by atomic mass is 10.1. The van der Waals surface area contributed by atoms with Gasteiger partial charge in [-0.25, -0.2) is 4.98 Å². The highest BCUT2D eigenvalue weighted by Gasteiger charge is 2.35. The standard InChI is InChI=1S/C12H14F3N4OP/c1-2-3-9(19-21)11(20)18-7-4-8(12(13,14)15)10(5-16)17-6-7/h4,6,9,19H,2-3,21H2,1H3,(H,18,20). The van der Waals surface area contributed by atoms with Gasteiger partial charge in [-0.05, 0) is 12.5 Å². The number of alkyl halides is 3. The van der Waals surface area contributed by atoms with Crippen molar-refractivity contribution in [2.75, 3.05) is 5.32 Å². The molecule has 2 atom stereocenters. The molecule has 0 fully saturated rings. The second kappa shape index (κ2) is 7.34. The van der Waals surface area contributed by atoms with Gasteiger partial charge in [-0.1, -0.05) is 22.7 Å². The summed E-state index contributed by atoms with van der Waals surface area (Å²) in [6, 6.07) is 1.54. The molecule has 2 N–H and O–H groups in total. The number of pyridine rings is 1. The summed E-state index contributed by atoms with van der Waals surface area (Å²) in [6.07, 6.45) is -2.41. The van der Waals surface area contributed by atoms with Gasteiger partial charge in [-0.2, -0.15) is 18.4 Å². The van der Waals surface area contributed by atoms with E-state index in [9.17, 15) is 18.0 Å². The first kappa shape index (κ1) is 17.3. The molecule has 21 heavy (non-hydrogen) atoms. The number of nitrogens with one attached hydrogen (secondary N) is 2. The third-order valence-electron chi connectivity index (χ3n) is 2.66. The number of halogens is 3. The largest absolute Gasteiger partial charge is 0.419 e. The molecule has 0 aromatic carbocycles. The normalized spacial score (nSPS) is 12.6. The van der Waals surface area contributed by atoms with Gasteiger partial charge in [0, 0.05) is 0 Å². The van der Waals surface area contributed by atoms with Gasteiger partial charge in [0.1, 0.15) is 6.07 Å². The van der Waals surface area contributed by atoms with Crippen molar-refractivity contribution in [3.63, 3.8) is 0 Å². The van der Waals surface area contributed by atoms with Crippen LogP contribution in [0.2, 0.25) is 0 Å². The SMILES string of the molecule is CCCC(NP)C(=O)Nc1cnc(C#N)c(C(F)(F)F)c1. The molecule has 0 saturated heterocycles. The third kappa shape index (κ3) is 4.66. The summed E-state index contributed by atoms with van der Waals surface area (Å²) in [5.41, 5.74) is -2.00. The van der Waals surface area contributed by atoms with E-state index in [1.165, 1.54) is 6.07 Å². The summed E-state index contributed by atoms with van der Waals surface area (Å²) in [4.78, 5) is 15.3. The average molecular weight is 318 g/mol. The van der Waals surface area contributed by atoms with Crippen LogP contribution in [0.25, 0.3) is 0 Å². The Morgan fingerprint density at radius 3 is 2.71 bits per heavy atom. The van der Waals surface area contributed by atoms with Crippen molar-refractivity contribution in [2.24, 2.45) is 0 Å². The lowest BCUT2D eigenvalue weighted by Gasteiger charge is -2.16. The molecule has 9 heteroatoms. The number of anilines is 1. The maximum Gasteiger partial charge on any atom is 0.419 e. The average Bonchev–Trinajstić information content (AvgIpc) is 2.43. The number of hydrogen-bond acceptors (Lipinski definition) is 4. The van der Waals surface area contributed by atoms with E-state index >= 15 is 0 Å². The highest BCUT2D eigenvalue weighted by atomic mass is 31.0. The molecule has 1 rings (SSSR count). The van der Waals surface area contributed by atoms with Crippen molar-refractivity contribution >= 4 is 21.0 Å². The predicted molar refractivity (Wildman–Crippen MR) is 74.1 cm³/mol. The van der Waals surface area contributed by atoms with Crippen LogP contribution in [0.1, 0.15) is 31.0 Å². The topological polar surface area (TPSA) is 77.8 Å². The van der Waals surface area contributed by atoms with E-state index in [4.69, 9.17) is 5.26 Å². The molecule has 114 valence electrons. The summed E-state index contributed by atoms with van der Waals surface area (Å²) in [5.74, 6) is -0.466. The minimum atomic E-state index is -4.71. The Hall–Kier alpha value is -1.71. The molecule has 0 spiro atoms. The van der Waals surface area contributed by atoms with Gasteiger partial charge in [0.2, 0.25) is 5.91 Å². The second-order valence-electron chi connectivity index (χ2n) is 4.23. The van der Waals surface area contributed by atoms with Crippen LogP contribution in [0.4, 0.5) is 18.9 Å². The van der Waals surface area contributed by atoms with E-state index < -0.39 is 29.4 Å². The second-order valence-corrected chi connectivity index (χ2v) is 4.56. The van der Waals surface area contributed by atoms with Crippen LogP contribution in [0.15, 0.2) is 12.3 Å². The van der Waals surface area contributed by atoms with Crippen LogP contribution in [0.5, 0.6) is 0 Å². The van der Waals surface area contributed by atoms with Gasteiger partial charge in [0.25, 0.3) is 0 Å². The summed E-state index contributed by atoms with van der Waals surface area (Å²) in [5, 5.41) is 13.7. The van der Waals surface area contributed by atoms with Crippen molar-refractivity contribution in [3.05, 3.63) is 23.5 Å². The molecule has 0 saturated carbocycles. The maximum absolute atomic E-state index is 12.8. The van der Waals surface area contributed by atoms with Gasteiger partial charge in [-0.15, -0.1) is 0 Å². The fraction of sp³-hybridized carbons (Fsp3) is 0.417. The number of nitriles is 1. The number of carbonyl (C=O) groups is 1. The Morgan fingerprint density at radius 2 is 2.24 bits per heavy atom. The molecule has 1 heterocycles. The zero-order chi connectivity index (χ0) is 16.0. The van der Waals surface area contributed by atoms with Gasteiger partial charge in [-0.3, -0.25) is 9.88 Å². The Balaban J connectivity index is 3.01. The van der Waals surface area contributed by atoms with Gasteiger partial charge >= 0.3 is 6.18 Å². The molecule has 2 unspecified atom stereocenters. The van der Waals surface area contributed by atoms with Crippen LogP contribution in [0, 0.1) is 11.3 Å². The highest BCUT2D eigenvalue weighted by Crippen LogP contribution is 2.32. The van der Waals surface area contributed by atoms with Crippen LogP contribution in [-0.4, -0.2) is 16.9 Å². The minimum absolute atomic E-state index is 0.104. The third-order valence-corrected chi connectivity index (χ3v) is 3.06. The summed E-state index contributed by atoms with van der Waals surface area (Å²) >= 11 is 0. The van der Waals surface area contributed by atoms with E-state index in [1.807, 2.05) is 6.92 Å². The van der Waals surface area contributed by atoms with Gasteiger partial charge < -0.3 is 5.32 Å². The van der Waals surface area contributed by atoms with Crippen LogP contribution in [-0.2, 0) is 11.0 Å². The first-order valence-electron chi connectivity index (χ1n) is 6.07. The Kier molecular flexibility index (Phi) is 6.06. The number of rotatable bonds is 5. The molecular formula is C12H14F3N4OP. The highest BCUT2D eigenvalue weighted by molar-refractivity contribution is 7.13. The molecule has 1 aromatic heterocycles. The Morgan fingerprint density at radius 1 is 1.57 bits per heavy atom. The number of carbonyl (C=O) groups excluding carboxylic acids is 1. The summed E-state index contributed by atoms with van der Waals surface area (Å²) in [7, 11) is 2.20. The fourth-order valence-corrected chi connectivity index (χ4v) is 1.96. The zero-order valence-corrected chi connectivity index (χ0v) is 12.3. The molecular weight excluding hydrogens is 304 g/mol.